The summed E-state index contributed by atoms with van der Waals surface area (Å²) in [5.41, 5.74) is 3.50. The molecule has 0 spiro atoms. The average Bonchev–Trinajstić information content (AvgIpc) is 3.23. The van der Waals surface area contributed by atoms with Crippen LogP contribution in [0.1, 0.15) is 40.7 Å². The maximum atomic E-state index is 14.1. The van der Waals surface area contributed by atoms with Gasteiger partial charge in [0.15, 0.2) is 0 Å². The first kappa shape index (κ1) is 39.6. The van der Waals surface area contributed by atoms with Crippen LogP contribution in [-0.2, 0) is 51.6 Å². The Morgan fingerprint density at radius 3 is 1.71 bits per heavy atom. The first-order chi connectivity index (χ1) is 27.4. The highest BCUT2D eigenvalue weighted by Crippen LogP contribution is 2.37. The molecule has 10 heteroatoms. The number of hydrogen-bond acceptors (Lipinski definition) is 7. The minimum absolute atomic E-state index is 0.00592. The van der Waals surface area contributed by atoms with Crippen LogP contribution in [0.15, 0.2) is 140 Å². The molecule has 5 aromatic rings. The van der Waals surface area contributed by atoms with Gasteiger partial charge < -0.3 is 23.8 Å². The highest BCUT2D eigenvalue weighted by atomic mass is 19.4. The predicted octanol–water partition coefficient (Wildman–Crippen LogP) is 8.97. The lowest BCUT2D eigenvalue weighted by molar-refractivity contribution is -0.212. The smallest absolute Gasteiger partial charge is 0.375 e. The van der Waals surface area contributed by atoms with E-state index in [2.05, 4.69) is 22.0 Å². The maximum Gasteiger partial charge on any atom is 0.419 e. The minimum Gasteiger partial charge on any atom is -0.375 e. The van der Waals surface area contributed by atoms with Crippen LogP contribution < -0.4 is 4.90 Å². The Kier molecular flexibility index (Phi) is 13.8. The van der Waals surface area contributed by atoms with E-state index in [-0.39, 0.29) is 23.9 Å². The van der Waals surface area contributed by atoms with E-state index in [0.29, 0.717) is 59.2 Å². The Bertz CT molecular complexity index is 1890. The average molecular weight is 766 g/mol. The third-order valence-electron chi connectivity index (χ3n) is 10.6. The van der Waals surface area contributed by atoms with Crippen molar-refractivity contribution in [3.63, 3.8) is 0 Å². The fourth-order valence-electron chi connectivity index (χ4n) is 7.87. The highest BCUT2D eigenvalue weighted by Gasteiger charge is 2.47. The number of rotatable bonds is 16. The number of pyridine rings is 1. The van der Waals surface area contributed by atoms with Crippen molar-refractivity contribution < 1.29 is 32.1 Å². The van der Waals surface area contributed by atoms with Crippen molar-refractivity contribution in [1.29, 1.82) is 0 Å². The molecule has 4 aromatic carbocycles. The van der Waals surface area contributed by atoms with Crippen LogP contribution in [0.5, 0.6) is 0 Å². The minimum atomic E-state index is -4.49. The van der Waals surface area contributed by atoms with E-state index < -0.39 is 23.9 Å². The summed E-state index contributed by atoms with van der Waals surface area (Å²) in [6.07, 6.45) is -2.71. The quantitative estimate of drug-likeness (QED) is 0.0995. The molecule has 56 heavy (non-hydrogen) atoms. The first-order valence-corrected chi connectivity index (χ1v) is 19.5. The molecule has 0 N–H and O–H groups in total. The molecular weight excluding hydrogens is 716 g/mol. The number of hydrogen-bond donors (Lipinski definition) is 0. The number of halogens is 3. The summed E-state index contributed by atoms with van der Waals surface area (Å²) in [6.45, 7) is 4.04. The molecular formula is C46H50F3N3O4. The van der Waals surface area contributed by atoms with Crippen molar-refractivity contribution in [2.24, 2.45) is 5.92 Å². The number of anilines is 1. The third-order valence-corrected chi connectivity index (χ3v) is 10.6. The van der Waals surface area contributed by atoms with Crippen LogP contribution in [0.2, 0.25) is 0 Å². The summed E-state index contributed by atoms with van der Waals surface area (Å²) < 4.78 is 69.5. The van der Waals surface area contributed by atoms with Gasteiger partial charge in [-0.15, -0.1) is 0 Å². The van der Waals surface area contributed by atoms with Crippen LogP contribution in [0.3, 0.4) is 0 Å². The second-order valence-corrected chi connectivity index (χ2v) is 14.7. The van der Waals surface area contributed by atoms with Crippen molar-refractivity contribution in [3.8, 4) is 0 Å². The Labute approximate surface area is 328 Å². The number of nitrogens with zero attached hydrogens (tertiary/aromatic N) is 3. The topological polar surface area (TPSA) is 56.3 Å². The van der Waals surface area contributed by atoms with Gasteiger partial charge in [0, 0.05) is 32.4 Å². The molecule has 7 nitrogen and oxygen atoms in total. The molecule has 0 saturated carbocycles. The Hall–Kier alpha value is -4.58. The molecule has 294 valence electrons. The second kappa shape index (κ2) is 19.5. The fraction of sp³-hybridized carbons (Fsp3) is 0.370. The second-order valence-electron chi connectivity index (χ2n) is 14.7. The lowest BCUT2D eigenvalue weighted by Crippen LogP contribution is -2.65. The molecule has 0 aliphatic carbocycles. The lowest BCUT2D eigenvalue weighted by atomic mass is 9.90. The summed E-state index contributed by atoms with van der Waals surface area (Å²) in [5.74, 6) is 0.0587. The molecule has 3 heterocycles. The molecule has 0 radical (unpaired) electrons. The van der Waals surface area contributed by atoms with Crippen LogP contribution in [0, 0.1) is 5.92 Å². The Morgan fingerprint density at radius 2 is 1.14 bits per heavy atom. The molecule has 7 rings (SSSR count). The van der Waals surface area contributed by atoms with Crippen LogP contribution >= 0.6 is 0 Å². The summed E-state index contributed by atoms with van der Waals surface area (Å²) in [6, 6.07) is 42.6. The zero-order valence-corrected chi connectivity index (χ0v) is 31.6. The van der Waals surface area contributed by atoms with Gasteiger partial charge in [-0.2, -0.15) is 13.2 Å². The normalized spacial score (nSPS) is 21.9. The van der Waals surface area contributed by atoms with E-state index in [1.807, 2.05) is 109 Å². The number of piperidine rings is 2. The van der Waals surface area contributed by atoms with E-state index in [1.54, 1.807) is 4.90 Å². The van der Waals surface area contributed by atoms with Crippen molar-refractivity contribution in [2.75, 3.05) is 37.7 Å². The number of aromatic nitrogens is 1. The molecule has 0 unspecified atom stereocenters. The van der Waals surface area contributed by atoms with Gasteiger partial charge in [0.1, 0.15) is 18.0 Å². The fourth-order valence-corrected chi connectivity index (χ4v) is 7.87. The molecule has 2 saturated heterocycles. The van der Waals surface area contributed by atoms with E-state index in [4.69, 9.17) is 18.9 Å². The molecule has 5 atom stereocenters. The summed E-state index contributed by atoms with van der Waals surface area (Å²) in [4.78, 5) is 8.43. The van der Waals surface area contributed by atoms with Crippen LogP contribution in [0.4, 0.5) is 19.0 Å². The van der Waals surface area contributed by atoms with Gasteiger partial charge in [0.25, 0.3) is 0 Å². The monoisotopic (exact) mass is 765 g/mol. The molecule has 0 amide bonds. The van der Waals surface area contributed by atoms with Gasteiger partial charge in [-0.3, -0.25) is 4.90 Å². The highest BCUT2D eigenvalue weighted by molar-refractivity contribution is 5.48. The van der Waals surface area contributed by atoms with E-state index in [0.717, 1.165) is 41.2 Å². The van der Waals surface area contributed by atoms with Crippen LogP contribution in [0.25, 0.3) is 0 Å². The van der Waals surface area contributed by atoms with Gasteiger partial charge in [0.2, 0.25) is 0 Å². The largest absolute Gasteiger partial charge is 0.419 e. The zero-order chi connectivity index (χ0) is 38.6. The lowest BCUT2D eigenvalue weighted by Gasteiger charge is -2.50. The van der Waals surface area contributed by atoms with Gasteiger partial charge in [-0.05, 0) is 53.1 Å². The van der Waals surface area contributed by atoms with Gasteiger partial charge in [-0.1, -0.05) is 121 Å². The van der Waals surface area contributed by atoms with Crippen molar-refractivity contribution in [1.82, 2.24) is 9.88 Å². The summed E-state index contributed by atoms with van der Waals surface area (Å²) in [5, 5.41) is 0. The van der Waals surface area contributed by atoms with Gasteiger partial charge >= 0.3 is 6.18 Å². The zero-order valence-electron chi connectivity index (χ0n) is 31.6. The standard InChI is InChI=1S/C46H50F3N3O4/c47-46(48,49)40-24-13-25-50-45(40)51-26-14-23-39(27-51)28-52-29-42(54-31-36-17-7-2-8-18-36)44(56-33-38-21-11-4-12-22-38)43(55-32-37-19-9-3-10-20-37)41(52)34-53-30-35-15-5-1-6-16-35/h1-13,15-22,24-25,39,41-44H,14,23,26-34H2/t39-,41+,42+,43-,44-/m1/s1. The van der Waals surface area contributed by atoms with Gasteiger partial charge in [0.05, 0.1) is 50.7 Å². The van der Waals surface area contributed by atoms with Gasteiger partial charge in [-0.25, -0.2) is 4.98 Å². The Balaban J connectivity index is 1.20. The number of alkyl halides is 3. The van der Waals surface area contributed by atoms with Crippen molar-refractivity contribution in [2.45, 2.75) is 69.8 Å². The molecule has 0 bridgehead atoms. The van der Waals surface area contributed by atoms with Crippen molar-refractivity contribution >= 4 is 5.82 Å². The maximum absolute atomic E-state index is 14.1. The first-order valence-electron chi connectivity index (χ1n) is 19.5. The van der Waals surface area contributed by atoms with Crippen LogP contribution in [-0.4, -0.2) is 67.0 Å². The molecule has 2 aliphatic rings. The van der Waals surface area contributed by atoms with E-state index in [1.165, 1.54) is 12.3 Å². The summed E-state index contributed by atoms with van der Waals surface area (Å²) in [7, 11) is 0. The van der Waals surface area contributed by atoms with E-state index in [9.17, 15) is 13.2 Å². The molecule has 1 aromatic heterocycles. The Morgan fingerprint density at radius 1 is 0.607 bits per heavy atom. The molecule has 2 fully saturated rings. The SMILES string of the molecule is FC(F)(F)c1cccnc1N1CCC[C@@H](CN2C[C@H](OCc3ccccc3)[C@@H](OCc3ccccc3)[C@H](OCc3ccccc3)[C@@H]2COCc2ccccc2)C1. The number of likely N-dealkylation sites (tertiary alicyclic amines) is 1. The predicted molar refractivity (Wildman–Crippen MR) is 211 cm³/mol. The third kappa shape index (κ3) is 10.8. The van der Waals surface area contributed by atoms with Crippen molar-refractivity contribution in [3.05, 3.63) is 167 Å². The van der Waals surface area contributed by atoms with E-state index >= 15 is 0 Å². The summed E-state index contributed by atoms with van der Waals surface area (Å²) >= 11 is 0. The number of benzene rings is 4. The molecule has 2 aliphatic heterocycles. The number of ether oxygens (including phenoxy) is 4.